The summed E-state index contributed by atoms with van der Waals surface area (Å²) in [5, 5.41) is 7.09. The number of alkyl halides is 3. The fourth-order valence-electron chi connectivity index (χ4n) is 4.52. The van der Waals surface area contributed by atoms with E-state index in [0.717, 1.165) is 38.4 Å². The third kappa shape index (κ3) is 6.70. The number of anilines is 1. The Labute approximate surface area is 229 Å². The van der Waals surface area contributed by atoms with Crippen LogP contribution in [-0.2, 0) is 19.3 Å². The van der Waals surface area contributed by atoms with Crippen LogP contribution >= 0.6 is 23.2 Å². The first-order valence-electron chi connectivity index (χ1n) is 12.3. The van der Waals surface area contributed by atoms with Crippen LogP contribution in [-0.4, -0.2) is 28.9 Å². The van der Waals surface area contributed by atoms with Gasteiger partial charge in [-0.3, -0.25) is 0 Å². The van der Waals surface area contributed by atoms with Crippen molar-refractivity contribution >= 4 is 35.2 Å². The standard InChI is InChI=1S/C27H29Cl2F3N6/c1-17(35-15-19-5-2-3-6-20(19)27(30,31)32)36-16-23-25(33)38(14-11-18-9-12-34-13-10-18)26(37-23)24-21(28)7-4-8-22(24)29/h2-8,16,18,34-35H,1,9-15,33H2. The van der Waals surface area contributed by atoms with Crippen LogP contribution in [0.1, 0.15) is 36.1 Å². The van der Waals surface area contributed by atoms with E-state index < -0.39 is 11.7 Å². The van der Waals surface area contributed by atoms with Gasteiger partial charge in [0.2, 0.25) is 0 Å². The molecule has 0 bridgehead atoms. The van der Waals surface area contributed by atoms with Gasteiger partial charge in [0.1, 0.15) is 23.2 Å². The van der Waals surface area contributed by atoms with Gasteiger partial charge < -0.3 is 20.9 Å². The minimum atomic E-state index is -4.45. The Kier molecular flexibility index (Phi) is 9.02. The van der Waals surface area contributed by atoms with Gasteiger partial charge in [0.25, 0.3) is 0 Å². The summed E-state index contributed by atoms with van der Waals surface area (Å²) in [6, 6.07) is 10.6. The SMILES string of the molecule is C=C(N=Cc1nc(-c2c(Cl)cccc2Cl)n(CCC2CCNCC2)c1N)NCc1ccccc1C(F)(F)F. The van der Waals surface area contributed by atoms with Crippen molar-refractivity contribution < 1.29 is 13.2 Å². The molecule has 38 heavy (non-hydrogen) atoms. The predicted octanol–water partition coefficient (Wildman–Crippen LogP) is 6.53. The zero-order chi connectivity index (χ0) is 27.3. The smallest absolute Gasteiger partial charge is 0.383 e. The number of benzene rings is 2. The number of aliphatic imine (C=N–C) groups is 1. The lowest BCUT2D eigenvalue weighted by atomic mass is 9.94. The molecule has 3 aromatic rings. The molecule has 6 nitrogen and oxygen atoms in total. The van der Waals surface area contributed by atoms with Gasteiger partial charge in [-0.25, -0.2) is 9.98 Å². The van der Waals surface area contributed by atoms with Gasteiger partial charge in [-0.1, -0.05) is 54.0 Å². The fourth-order valence-corrected chi connectivity index (χ4v) is 5.09. The molecule has 202 valence electrons. The Balaban J connectivity index is 1.55. The molecule has 0 atom stereocenters. The maximum Gasteiger partial charge on any atom is 0.416 e. The van der Waals surface area contributed by atoms with Crippen LogP contribution in [0.15, 0.2) is 59.9 Å². The Hall–Kier alpha value is -3.01. The summed E-state index contributed by atoms with van der Waals surface area (Å²) in [5.41, 5.74) is 6.86. The predicted molar refractivity (Wildman–Crippen MR) is 147 cm³/mol. The van der Waals surface area contributed by atoms with Crippen LogP contribution in [0.3, 0.4) is 0 Å². The van der Waals surface area contributed by atoms with Crippen molar-refractivity contribution in [3.63, 3.8) is 0 Å². The van der Waals surface area contributed by atoms with E-state index in [9.17, 15) is 13.2 Å². The summed E-state index contributed by atoms with van der Waals surface area (Å²) < 4.78 is 41.7. The number of piperidine rings is 1. The molecule has 4 rings (SSSR count). The van der Waals surface area contributed by atoms with E-state index in [-0.39, 0.29) is 17.9 Å². The summed E-state index contributed by atoms with van der Waals surface area (Å²) >= 11 is 13.0. The van der Waals surface area contributed by atoms with Crippen molar-refractivity contribution in [1.82, 2.24) is 20.2 Å². The number of aromatic nitrogens is 2. The minimum Gasteiger partial charge on any atom is -0.383 e. The second-order valence-corrected chi connectivity index (χ2v) is 9.96. The number of nitrogens with zero attached hydrogens (tertiary/aromatic N) is 3. The molecule has 0 saturated carbocycles. The molecule has 1 aliphatic rings. The van der Waals surface area contributed by atoms with E-state index in [1.807, 2.05) is 4.57 Å². The zero-order valence-electron chi connectivity index (χ0n) is 20.7. The average Bonchev–Trinajstić information content (AvgIpc) is 3.19. The molecule has 0 radical (unpaired) electrons. The second-order valence-electron chi connectivity index (χ2n) is 9.15. The number of nitrogens with one attached hydrogen (secondary N) is 2. The van der Waals surface area contributed by atoms with Crippen molar-refractivity contribution in [1.29, 1.82) is 0 Å². The van der Waals surface area contributed by atoms with Crippen LogP contribution in [0.2, 0.25) is 10.0 Å². The molecular formula is C27H29Cl2F3N6. The van der Waals surface area contributed by atoms with E-state index >= 15 is 0 Å². The molecule has 4 N–H and O–H groups in total. The normalized spacial score (nSPS) is 14.8. The number of nitrogens with two attached hydrogens (primary N) is 1. The number of imidazole rings is 1. The first-order valence-corrected chi connectivity index (χ1v) is 13.0. The lowest BCUT2D eigenvalue weighted by molar-refractivity contribution is -0.138. The quantitative estimate of drug-likeness (QED) is 0.258. The summed E-state index contributed by atoms with van der Waals surface area (Å²) in [6.45, 7) is 6.33. The highest BCUT2D eigenvalue weighted by molar-refractivity contribution is 6.39. The van der Waals surface area contributed by atoms with Gasteiger partial charge in [-0.05, 0) is 62.0 Å². The van der Waals surface area contributed by atoms with Gasteiger partial charge in [-0.2, -0.15) is 13.2 Å². The van der Waals surface area contributed by atoms with Gasteiger partial charge in [0, 0.05) is 13.1 Å². The third-order valence-corrected chi connectivity index (χ3v) is 7.22. The molecule has 2 aromatic carbocycles. The molecule has 0 unspecified atom stereocenters. The van der Waals surface area contributed by atoms with Gasteiger partial charge in [0.15, 0.2) is 0 Å². The van der Waals surface area contributed by atoms with Crippen LogP contribution < -0.4 is 16.4 Å². The summed E-state index contributed by atoms with van der Waals surface area (Å²) in [4.78, 5) is 8.96. The van der Waals surface area contributed by atoms with Crippen LogP contribution in [0.4, 0.5) is 19.0 Å². The number of hydrogen-bond donors (Lipinski definition) is 3. The maximum absolute atomic E-state index is 13.3. The lowest BCUT2D eigenvalue weighted by Gasteiger charge is -2.23. The number of nitrogen functional groups attached to an aromatic ring is 1. The third-order valence-electron chi connectivity index (χ3n) is 6.59. The van der Waals surface area contributed by atoms with Crippen LogP contribution in [0.25, 0.3) is 11.4 Å². The summed E-state index contributed by atoms with van der Waals surface area (Å²) in [6.07, 6.45) is 0.0905. The van der Waals surface area contributed by atoms with E-state index in [1.54, 1.807) is 24.3 Å². The zero-order valence-corrected chi connectivity index (χ0v) is 22.2. The molecule has 2 heterocycles. The van der Waals surface area contributed by atoms with Gasteiger partial charge in [-0.15, -0.1) is 0 Å². The fraction of sp³-hybridized carbons (Fsp3) is 0.333. The number of halogens is 5. The first kappa shape index (κ1) is 28.0. The van der Waals surface area contributed by atoms with Crippen LogP contribution in [0.5, 0.6) is 0 Å². The summed E-state index contributed by atoms with van der Waals surface area (Å²) in [5.74, 6) is 1.66. The summed E-state index contributed by atoms with van der Waals surface area (Å²) in [7, 11) is 0. The molecule has 1 aromatic heterocycles. The Morgan fingerprint density at radius 2 is 1.84 bits per heavy atom. The van der Waals surface area contributed by atoms with Crippen LogP contribution in [0, 0.1) is 5.92 Å². The highest BCUT2D eigenvalue weighted by Gasteiger charge is 2.32. The monoisotopic (exact) mass is 564 g/mol. The highest BCUT2D eigenvalue weighted by atomic mass is 35.5. The lowest BCUT2D eigenvalue weighted by Crippen LogP contribution is -2.28. The largest absolute Gasteiger partial charge is 0.416 e. The Morgan fingerprint density at radius 3 is 2.53 bits per heavy atom. The van der Waals surface area contributed by atoms with Gasteiger partial charge in [0.05, 0.1) is 27.4 Å². The number of hydrogen-bond acceptors (Lipinski definition) is 5. The highest BCUT2D eigenvalue weighted by Crippen LogP contribution is 2.36. The Morgan fingerprint density at radius 1 is 1.16 bits per heavy atom. The average molecular weight is 565 g/mol. The van der Waals surface area contributed by atoms with Gasteiger partial charge >= 0.3 is 6.18 Å². The van der Waals surface area contributed by atoms with E-state index in [4.69, 9.17) is 33.9 Å². The second kappa shape index (κ2) is 12.2. The van der Waals surface area contributed by atoms with E-state index in [1.165, 1.54) is 18.3 Å². The van der Waals surface area contributed by atoms with Crippen molar-refractivity contribution in [3.05, 3.63) is 81.7 Å². The van der Waals surface area contributed by atoms with E-state index in [0.29, 0.717) is 45.4 Å². The molecule has 0 aliphatic carbocycles. The molecule has 0 spiro atoms. The van der Waals surface area contributed by atoms with Crippen molar-refractivity contribution in [3.8, 4) is 11.4 Å². The molecule has 1 aliphatic heterocycles. The number of rotatable bonds is 9. The van der Waals surface area contributed by atoms with Crippen molar-refractivity contribution in [2.24, 2.45) is 10.9 Å². The maximum atomic E-state index is 13.3. The van der Waals surface area contributed by atoms with Crippen molar-refractivity contribution in [2.45, 2.75) is 38.5 Å². The minimum absolute atomic E-state index is 0.0908. The Bertz CT molecular complexity index is 1290. The first-order chi connectivity index (χ1) is 18.1. The molecule has 1 saturated heterocycles. The molecule has 11 heteroatoms. The topological polar surface area (TPSA) is 80.3 Å². The molecule has 0 amide bonds. The van der Waals surface area contributed by atoms with E-state index in [2.05, 4.69) is 22.2 Å². The van der Waals surface area contributed by atoms with Crippen molar-refractivity contribution in [2.75, 3.05) is 18.8 Å². The molecule has 1 fully saturated rings. The molecular weight excluding hydrogens is 536 g/mol.